The first-order valence-electron chi connectivity index (χ1n) is 3.69. The van der Waals surface area contributed by atoms with E-state index < -0.39 is 0 Å². The molecule has 0 aliphatic heterocycles. The summed E-state index contributed by atoms with van der Waals surface area (Å²) in [6.45, 7) is 2.07. The largest absolute Gasteiger partial charge is 0.327 e. The summed E-state index contributed by atoms with van der Waals surface area (Å²) < 4.78 is 0. The van der Waals surface area contributed by atoms with Gasteiger partial charge in [-0.3, -0.25) is 0 Å². The number of hydrogen-bond acceptors (Lipinski definition) is 3. The summed E-state index contributed by atoms with van der Waals surface area (Å²) in [5, 5.41) is 7.43. The maximum absolute atomic E-state index is 7.43. The Balaban J connectivity index is 2.54. The predicted molar refractivity (Wildman–Crippen MR) is 42.1 cm³/mol. The lowest BCUT2D eigenvalue weighted by atomic mass is 9.82. The van der Waals surface area contributed by atoms with E-state index in [1.807, 2.05) is 0 Å². The molecular formula is C7H15N3. The van der Waals surface area contributed by atoms with Crippen LogP contribution in [-0.4, -0.2) is 17.8 Å². The molecule has 0 bridgehead atoms. The summed E-state index contributed by atoms with van der Waals surface area (Å²) in [6, 6.07) is 0.121. The summed E-state index contributed by atoms with van der Waals surface area (Å²) in [4.78, 5) is 0. The SMILES string of the molecule is CC1CC(=N)C(N)CC1N. The highest BCUT2D eigenvalue weighted by Crippen LogP contribution is 2.18. The van der Waals surface area contributed by atoms with Crippen molar-refractivity contribution in [2.75, 3.05) is 0 Å². The minimum Gasteiger partial charge on any atom is -0.327 e. The van der Waals surface area contributed by atoms with Gasteiger partial charge in [-0.05, 0) is 18.8 Å². The van der Waals surface area contributed by atoms with E-state index in [-0.39, 0.29) is 12.1 Å². The Kier molecular flexibility index (Phi) is 2.06. The van der Waals surface area contributed by atoms with Crippen LogP contribution in [0.1, 0.15) is 19.8 Å². The molecule has 5 N–H and O–H groups in total. The van der Waals surface area contributed by atoms with Gasteiger partial charge in [0.25, 0.3) is 0 Å². The molecule has 0 aromatic heterocycles. The van der Waals surface area contributed by atoms with Crippen molar-refractivity contribution in [3.8, 4) is 0 Å². The fourth-order valence-electron chi connectivity index (χ4n) is 1.32. The second kappa shape index (κ2) is 2.68. The molecule has 1 rings (SSSR count). The lowest BCUT2D eigenvalue weighted by Crippen LogP contribution is -2.46. The van der Waals surface area contributed by atoms with Crippen LogP contribution in [-0.2, 0) is 0 Å². The Hall–Kier alpha value is -0.410. The van der Waals surface area contributed by atoms with Gasteiger partial charge < -0.3 is 16.9 Å². The highest BCUT2D eigenvalue weighted by Gasteiger charge is 2.26. The van der Waals surface area contributed by atoms with E-state index in [9.17, 15) is 0 Å². The first-order chi connectivity index (χ1) is 4.61. The quantitative estimate of drug-likeness (QED) is 0.447. The van der Waals surface area contributed by atoms with Crippen LogP contribution in [0.3, 0.4) is 0 Å². The van der Waals surface area contributed by atoms with E-state index in [2.05, 4.69) is 6.92 Å². The third-order valence-corrected chi connectivity index (χ3v) is 2.25. The Morgan fingerprint density at radius 3 is 2.60 bits per heavy atom. The van der Waals surface area contributed by atoms with Gasteiger partial charge in [-0.25, -0.2) is 0 Å². The molecule has 0 heterocycles. The van der Waals surface area contributed by atoms with Crippen molar-refractivity contribution < 1.29 is 0 Å². The van der Waals surface area contributed by atoms with Crippen LogP contribution in [0.2, 0.25) is 0 Å². The smallest absolute Gasteiger partial charge is 0.0438 e. The van der Waals surface area contributed by atoms with Crippen molar-refractivity contribution in [1.29, 1.82) is 5.41 Å². The fraction of sp³-hybridized carbons (Fsp3) is 0.857. The molecule has 3 atom stereocenters. The summed E-state index contributed by atoms with van der Waals surface area (Å²) in [7, 11) is 0. The second-order valence-corrected chi connectivity index (χ2v) is 3.21. The van der Waals surface area contributed by atoms with Crippen LogP contribution < -0.4 is 11.5 Å². The monoisotopic (exact) mass is 141 g/mol. The van der Waals surface area contributed by atoms with Gasteiger partial charge in [-0.1, -0.05) is 6.92 Å². The molecule has 0 saturated heterocycles. The fourth-order valence-corrected chi connectivity index (χ4v) is 1.32. The number of rotatable bonds is 0. The molecule has 1 aliphatic carbocycles. The van der Waals surface area contributed by atoms with Gasteiger partial charge in [-0.15, -0.1) is 0 Å². The molecule has 1 aliphatic rings. The number of nitrogens with one attached hydrogen (secondary N) is 1. The Bertz CT molecular complexity index is 144. The van der Waals surface area contributed by atoms with Crippen LogP contribution in [0, 0.1) is 11.3 Å². The first kappa shape index (κ1) is 7.69. The molecule has 1 fully saturated rings. The highest BCUT2D eigenvalue weighted by atomic mass is 14.8. The summed E-state index contributed by atoms with van der Waals surface area (Å²) in [5.41, 5.74) is 12.0. The summed E-state index contributed by atoms with van der Waals surface area (Å²) in [6.07, 6.45) is 1.56. The van der Waals surface area contributed by atoms with E-state index >= 15 is 0 Å². The Labute approximate surface area is 61.3 Å². The maximum atomic E-state index is 7.43. The van der Waals surface area contributed by atoms with E-state index in [4.69, 9.17) is 16.9 Å². The molecule has 0 spiro atoms. The van der Waals surface area contributed by atoms with Gasteiger partial charge in [-0.2, -0.15) is 0 Å². The molecule has 0 aromatic rings. The number of nitrogens with two attached hydrogens (primary N) is 2. The van der Waals surface area contributed by atoms with Crippen molar-refractivity contribution in [1.82, 2.24) is 0 Å². The van der Waals surface area contributed by atoms with Crippen molar-refractivity contribution in [3.63, 3.8) is 0 Å². The Morgan fingerprint density at radius 2 is 2.10 bits per heavy atom. The third-order valence-electron chi connectivity index (χ3n) is 2.25. The third kappa shape index (κ3) is 1.36. The van der Waals surface area contributed by atoms with Crippen LogP contribution >= 0.6 is 0 Å². The van der Waals surface area contributed by atoms with Gasteiger partial charge in [0.1, 0.15) is 0 Å². The second-order valence-electron chi connectivity index (χ2n) is 3.21. The molecular weight excluding hydrogens is 126 g/mol. The van der Waals surface area contributed by atoms with E-state index in [0.717, 1.165) is 12.8 Å². The normalized spacial score (nSPS) is 41.9. The Morgan fingerprint density at radius 1 is 1.50 bits per heavy atom. The number of hydrogen-bond donors (Lipinski definition) is 3. The zero-order valence-corrected chi connectivity index (χ0v) is 6.30. The molecule has 3 nitrogen and oxygen atoms in total. The van der Waals surface area contributed by atoms with Gasteiger partial charge in [0.15, 0.2) is 0 Å². The van der Waals surface area contributed by atoms with Crippen LogP contribution in [0.25, 0.3) is 0 Å². The predicted octanol–water partition coefficient (Wildman–Crippen LogP) is 0.0907. The summed E-state index contributed by atoms with van der Waals surface area (Å²) >= 11 is 0. The van der Waals surface area contributed by atoms with Gasteiger partial charge in [0.05, 0.1) is 0 Å². The summed E-state index contributed by atoms with van der Waals surface area (Å²) in [5.74, 6) is 0.437. The molecule has 58 valence electrons. The van der Waals surface area contributed by atoms with Gasteiger partial charge in [0.2, 0.25) is 0 Å². The first-order valence-corrected chi connectivity index (χ1v) is 3.69. The molecule has 3 heteroatoms. The van der Waals surface area contributed by atoms with E-state index in [0.29, 0.717) is 11.6 Å². The molecule has 0 aromatic carbocycles. The van der Waals surface area contributed by atoms with E-state index in [1.165, 1.54) is 0 Å². The van der Waals surface area contributed by atoms with Crippen molar-refractivity contribution in [2.45, 2.75) is 31.8 Å². The van der Waals surface area contributed by atoms with Crippen molar-refractivity contribution >= 4 is 5.71 Å². The minimum absolute atomic E-state index is 0.0776. The van der Waals surface area contributed by atoms with Crippen LogP contribution in [0.5, 0.6) is 0 Å². The molecule has 0 amide bonds. The zero-order chi connectivity index (χ0) is 7.72. The highest BCUT2D eigenvalue weighted by molar-refractivity contribution is 5.87. The van der Waals surface area contributed by atoms with Crippen molar-refractivity contribution in [2.24, 2.45) is 17.4 Å². The lowest BCUT2D eigenvalue weighted by molar-refractivity contribution is 0.400. The van der Waals surface area contributed by atoms with Gasteiger partial charge in [0, 0.05) is 17.8 Å². The van der Waals surface area contributed by atoms with E-state index in [1.54, 1.807) is 0 Å². The molecule has 3 unspecified atom stereocenters. The van der Waals surface area contributed by atoms with Crippen molar-refractivity contribution in [3.05, 3.63) is 0 Å². The molecule has 0 radical (unpaired) electrons. The zero-order valence-electron chi connectivity index (χ0n) is 6.30. The minimum atomic E-state index is -0.0776. The molecule has 10 heavy (non-hydrogen) atoms. The average molecular weight is 141 g/mol. The lowest BCUT2D eigenvalue weighted by Gasteiger charge is -2.30. The topological polar surface area (TPSA) is 75.9 Å². The maximum Gasteiger partial charge on any atom is 0.0438 e. The van der Waals surface area contributed by atoms with Gasteiger partial charge >= 0.3 is 0 Å². The molecule has 1 saturated carbocycles. The standard InChI is InChI=1S/C7H15N3/c1-4-2-6(9)7(10)3-5(4)8/h4-5,7,9H,2-3,8,10H2,1H3. The van der Waals surface area contributed by atoms with Crippen LogP contribution in [0.15, 0.2) is 0 Å². The van der Waals surface area contributed by atoms with Crippen LogP contribution in [0.4, 0.5) is 0 Å². The average Bonchev–Trinajstić information content (AvgIpc) is 1.84.